The molecule has 6 heteroatoms. The standard InChI is InChI=1S/C12H27N3O2S/c1-13-10-7-11-14(2)18(16,17)15(3)12-8-5-4-6-9-12/h12-13H,4-11H2,1-3H3. The minimum Gasteiger partial charge on any atom is -0.320 e. The molecule has 5 nitrogen and oxygen atoms in total. The number of nitrogens with one attached hydrogen (secondary N) is 1. The number of hydrogen-bond donors (Lipinski definition) is 1. The predicted molar refractivity (Wildman–Crippen MR) is 74.7 cm³/mol. The second kappa shape index (κ2) is 7.43. The van der Waals surface area contributed by atoms with Gasteiger partial charge in [-0.3, -0.25) is 0 Å². The molecular weight excluding hydrogens is 250 g/mol. The van der Waals surface area contributed by atoms with Crippen LogP contribution in [0.15, 0.2) is 0 Å². The van der Waals surface area contributed by atoms with Gasteiger partial charge in [0.25, 0.3) is 10.2 Å². The Labute approximate surface area is 112 Å². The SMILES string of the molecule is CNCCCN(C)S(=O)(=O)N(C)C1CCCCC1. The summed E-state index contributed by atoms with van der Waals surface area (Å²) >= 11 is 0. The van der Waals surface area contributed by atoms with Crippen LogP contribution in [-0.2, 0) is 10.2 Å². The van der Waals surface area contributed by atoms with E-state index in [4.69, 9.17) is 0 Å². The first-order chi connectivity index (χ1) is 8.50. The van der Waals surface area contributed by atoms with E-state index in [-0.39, 0.29) is 6.04 Å². The molecule has 18 heavy (non-hydrogen) atoms. The Morgan fingerprint density at radius 3 is 2.33 bits per heavy atom. The van der Waals surface area contributed by atoms with Crippen molar-refractivity contribution < 1.29 is 8.42 Å². The van der Waals surface area contributed by atoms with Crippen molar-refractivity contribution >= 4 is 10.2 Å². The molecule has 0 amide bonds. The maximum absolute atomic E-state index is 12.4. The summed E-state index contributed by atoms with van der Waals surface area (Å²) in [4.78, 5) is 0. The quantitative estimate of drug-likeness (QED) is 0.707. The fraction of sp³-hybridized carbons (Fsp3) is 1.00. The number of rotatable bonds is 7. The lowest BCUT2D eigenvalue weighted by Crippen LogP contribution is -2.46. The maximum Gasteiger partial charge on any atom is 0.281 e. The van der Waals surface area contributed by atoms with Gasteiger partial charge in [0.15, 0.2) is 0 Å². The molecule has 1 aliphatic carbocycles. The molecule has 0 aromatic rings. The lowest BCUT2D eigenvalue weighted by atomic mass is 9.96. The first-order valence-corrected chi connectivity index (χ1v) is 8.23. The molecule has 1 N–H and O–H groups in total. The first kappa shape index (κ1) is 15.9. The summed E-state index contributed by atoms with van der Waals surface area (Å²) in [5.74, 6) is 0. The second-order valence-corrected chi connectivity index (χ2v) is 7.19. The van der Waals surface area contributed by atoms with Gasteiger partial charge < -0.3 is 5.32 Å². The summed E-state index contributed by atoms with van der Waals surface area (Å²) < 4.78 is 27.8. The van der Waals surface area contributed by atoms with Crippen LogP contribution in [0.5, 0.6) is 0 Å². The van der Waals surface area contributed by atoms with Crippen LogP contribution in [0.2, 0.25) is 0 Å². The molecule has 0 aromatic heterocycles. The van der Waals surface area contributed by atoms with E-state index in [0.717, 1.165) is 38.6 Å². The predicted octanol–water partition coefficient (Wildman–Crippen LogP) is 1.04. The fourth-order valence-electron chi connectivity index (χ4n) is 2.45. The highest BCUT2D eigenvalue weighted by molar-refractivity contribution is 7.86. The Hall–Kier alpha value is -0.170. The highest BCUT2D eigenvalue weighted by Gasteiger charge is 2.30. The highest BCUT2D eigenvalue weighted by atomic mass is 32.2. The third kappa shape index (κ3) is 4.19. The molecule has 1 aliphatic rings. The maximum atomic E-state index is 12.4. The van der Waals surface area contributed by atoms with E-state index >= 15 is 0 Å². The van der Waals surface area contributed by atoms with Crippen molar-refractivity contribution in [2.75, 3.05) is 34.2 Å². The van der Waals surface area contributed by atoms with Gasteiger partial charge in [0.2, 0.25) is 0 Å². The van der Waals surface area contributed by atoms with Crippen molar-refractivity contribution in [3.63, 3.8) is 0 Å². The largest absolute Gasteiger partial charge is 0.320 e. The van der Waals surface area contributed by atoms with Gasteiger partial charge in [0, 0.05) is 26.7 Å². The Bertz CT molecular complexity index is 326. The van der Waals surface area contributed by atoms with Crippen LogP contribution < -0.4 is 5.32 Å². The Morgan fingerprint density at radius 1 is 1.17 bits per heavy atom. The monoisotopic (exact) mass is 277 g/mol. The third-order valence-electron chi connectivity index (χ3n) is 3.75. The molecule has 0 heterocycles. The summed E-state index contributed by atoms with van der Waals surface area (Å²) in [6.45, 7) is 1.41. The van der Waals surface area contributed by atoms with Crippen LogP contribution in [0.4, 0.5) is 0 Å². The molecule has 1 fully saturated rings. The molecule has 0 unspecified atom stereocenters. The van der Waals surface area contributed by atoms with Gasteiger partial charge >= 0.3 is 0 Å². The lowest BCUT2D eigenvalue weighted by Gasteiger charge is -2.33. The van der Waals surface area contributed by atoms with E-state index in [9.17, 15) is 8.42 Å². The van der Waals surface area contributed by atoms with Crippen molar-refractivity contribution in [1.29, 1.82) is 0 Å². The van der Waals surface area contributed by atoms with E-state index < -0.39 is 10.2 Å². The van der Waals surface area contributed by atoms with Crippen LogP contribution in [-0.4, -0.2) is 57.3 Å². The minimum atomic E-state index is -3.28. The number of hydrogen-bond acceptors (Lipinski definition) is 3. The van der Waals surface area contributed by atoms with E-state index in [0.29, 0.717) is 6.54 Å². The fourth-order valence-corrected chi connectivity index (χ4v) is 3.83. The van der Waals surface area contributed by atoms with Gasteiger partial charge in [-0.2, -0.15) is 17.0 Å². The molecule has 0 radical (unpaired) electrons. The Morgan fingerprint density at radius 2 is 1.78 bits per heavy atom. The van der Waals surface area contributed by atoms with Crippen LogP contribution in [0, 0.1) is 0 Å². The highest BCUT2D eigenvalue weighted by Crippen LogP contribution is 2.24. The van der Waals surface area contributed by atoms with E-state index in [2.05, 4.69) is 5.32 Å². The summed E-state index contributed by atoms with van der Waals surface area (Å²) in [7, 11) is 1.99. The average molecular weight is 277 g/mol. The third-order valence-corrected chi connectivity index (χ3v) is 5.74. The normalized spacial score (nSPS) is 18.7. The van der Waals surface area contributed by atoms with E-state index in [1.165, 1.54) is 10.7 Å². The topological polar surface area (TPSA) is 52.7 Å². The average Bonchev–Trinajstić information content (AvgIpc) is 2.39. The van der Waals surface area contributed by atoms with Crippen molar-refractivity contribution in [2.24, 2.45) is 0 Å². The van der Waals surface area contributed by atoms with Crippen molar-refractivity contribution in [2.45, 2.75) is 44.6 Å². The first-order valence-electron chi connectivity index (χ1n) is 6.84. The van der Waals surface area contributed by atoms with Crippen LogP contribution in [0.1, 0.15) is 38.5 Å². The summed E-state index contributed by atoms with van der Waals surface area (Å²) in [5.41, 5.74) is 0. The summed E-state index contributed by atoms with van der Waals surface area (Å²) in [6, 6.07) is 0.190. The minimum absolute atomic E-state index is 0.190. The van der Waals surface area contributed by atoms with Crippen LogP contribution >= 0.6 is 0 Å². The van der Waals surface area contributed by atoms with Crippen molar-refractivity contribution in [1.82, 2.24) is 13.9 Å². The number of nitrogens with zero attached hydrogens (tertiary/aromatic N) is 2. The van der Waals surface area contributed by atoms with E-state index in [1.54, 1.807) is 18.4 Å². The molecular formula is C12H27N3O2S. The van der Waals surface area contributed by atoms with Gasteiger partial charge in [-0.15, -0.1) is 0 Å². The van der Waals surface area contributed by atoms with Crippen LogP contribution in [0.25, 0.3) is 0 Å². The van der Waals surface area contributed by atoms with Crippen LogP contribution in [0.3, 0.4) is 0 Å². The van der Waals surface area contributed by atoms with Gasteiger partial charge in [0.1, 0.15) is 0 Å². The zero-order valence-corrected chi connectivity index (χ0v) is 12.7. The molecule has 1 saturated carbocycles. The second-order valence-electron chi connectivity index (χ2n) is 5.09. The van der Waals surface area contributed by atoms with Crippen molar-refractivity contribution in [3.8, 4) is 0 Å². The molecule has 0 saturated heterocycles. The van der Waals surface area contributed by atoms with Gasteiger partial charge in [-0.1, -0.05) is 19.3 Å². The lowest BCUT2D eigenvalue weighted by molar-refractivity contribution is 0.268. The van der Waals surface area contributed by atoms with Gasteiger partial charge in [-0.25, -0.2) is 0 Å². The molecule has 108 valence electrons. The Kier molecular flexibility index (Phi) is 6.55. The molecule has 0 aromatic carbocycles. The molecule has 0 spiro atoms. The Balaban J connectivity index is 2.54. The summed E-state index contributed by atoms with van der Waals surface area (Å²) in [6.07, 6.45) is 6.37. The molecule has 0 atom stereocenters. The van der Waals surface area contributed by atoms with Gasteiger partial charge in [0.05, 0.1) is 0 Å². The summed E-state index contributed by atoms with van der Waals surface area (Å²) in [5, 5.41) is 3.03. The van der Waals surface area contributed by atoms with Gasteiger partial charge in [-0.05, 0) is 32.9 Å². The zero-order valence-electron chi connectivity index (χ0n) is 11.9. The molecule has 0 bridgehead atoms. The zero-order chi connectivity index (χ0) is 13.6. The molecule has 0 aliphatic heterocycles. The smallest absolute Gasteiger partial charge is 0.281 e. The van der Waals surface area contributed by atoms with E-state index in [1.807, 2.05) is 7.05 Å². The van der Waals surface area contributed by atoms with Crippen molar-refractivity contribution in [3.05, 3.63) is 0 Å². The molecule has 1 rings (SSSR count).